The van der Waals surface area contributed by atoms with E-state index in [0.717, 1.165) is 5.56 Å². The number of hydrogen-bond donors (Lipinski definition) is 1. The molecule has 0 aliphatic carbocycles. The molecular weight excluding hydrogens is 446 g/mol. The van der Waals surface area contributed by atoms with Crippen molar-refractivity contribution in [1.29, 1.82) is 0 Å². The third kappa shape index (κ3) is 4.65. The number of aryl methyl sites for hydroxylation is 1. The maximum atomic E-state index is 13.1. The monoisotopic (exact) mass is 467 g/mol. The van der Waals surface area contributed by atoms with Gasteiger partial charge in [0.15, 0.2) is 6.61 Å². The second-order valence-electron chi connectivity index (χ2n) is 7.52. The number of rotatable bonds is 7. The normalized spacial score (nSPS) is 12.8. The lowest BCUT2D eigenvalue weighted by Crippen LogP contribution is -2.29. The molecule has 0 spiro atoms. The Morgan fingerprint density at radius 1 is 1.12 bits per heavy atom. The van der Waals surface area contributed by atoms with Gasteiger partial charge in [-0.2, -0.15) is 0 Å². The number of nitro benzene ring substituents is 1. The number of hydrogen-bond acceptors (Lipinski definition) is 6. The Balaban J connectivity index is 1.40. The molecule has 0 fully saturated rings. The first kappa shape index (κ1) is 22.3. The van der Waals surface area contributed by atoms with Gasteiger partial charge >= 0.3 is 0 Å². The lowest BCUT2D eigenvalue weighted by molar-refractivity contribution is -0.384. The maximum Gasteiger partial charge on any atom is 0.271 e. The summed E-state index contributed by atoms with van der Waals surface area (Å²) in [5, 5.41) is 13.5. The molecule has 1 aliphatic heterocycles. The number of nitrogens with one attached hydrogen (secondary N) is 1. The van der Waals surface area contributed by atoms with Crippen LogP contribution < -0.4 is 14.4 Å². The van der Waals surface area contributed by atoms with E-state index >= 15 is 0 Å². The van der Waals surface area contributed by atoms with Gasteiger partial charge in [-0.3, -0.25) is 19.2 Å². The summed E-state index contributed by atoms with van der Waals surface area (Å²) in [6, 6.07) is 17.4. The van der Waals surface area contributed by atoms with Crippen molar-refractivity contribution in [3.8, 4) is 5.75 Å². The number of anilines is 2. The Bertz CT molecular complexity index is 1320. The van der Waals surface area contributed by atoms with E-state index in [1.54, 1.807) is 19.1 Å². The molecular formula is C23H21N3O6S. The summed E-state index contributed by atoms with van der Waals surface area (Å²) in [5.74, 6) is -0.175. The zero-order chi connectivity index (χ0) is 23.6. The fourth-order valence-electron chi connectivity index (χ4n) is 3.59. The van der Waals surface area contributed by atoms with Gasteiger partial charge in [-0.1, -0.05) is 24.3 Å². The third-order valence-corrected chi connectivity index (χ3v) is 7.16. The Morgan fingerprint density at radius 3 is 2.58 bits per heavy atom. The van der Waals surface area contributed by atoms with E-state index in [0.29, 0.717) is 35.7 Å². The Labute approximate surface area is 190 Å². The quantitative estimate of drug-likeness (QED) is 0.418. The molecule has 3 aromatic rings. The van der Waals surface area contributed by atoms with Crippen molar-refractivity contribution >= 4 is 33.0 Å². The van der Waals surface area contributed by atoms with Crippen LogP contribution in [0.1, 0.15) is 11.1 Å². The van der Waals surface area contributed by atoms with Gasteiger partial charge in [-0.25, -0.2) is 8.42 Å². The number of ether oxygens (including phenoxy) is 1. The summed E-state index contributed by atoms with van der Waals surface area (Å²) in [6.45, 7) is 1.77. The molecule has 0 radical (unpaired) electrons. The summed E-state index contributed by atoms with van der Waals surface area (Å²) in [5.41, 5.74) is 2.54. The van der Waals surface area contributed by atoms with Crippen molar-refractivity contribution in [2.75, 3.05) is 22.8 Å². The zero-order valence-electron chi connectivity index (χ0n) is 17.7. The average molecular weight is 468 g/mol. The van der Waals surface area contributed by atoms with E-state index in [1.165, 1.54) is 40.7 Å². The summed E-state index contributed by atoms with van der Waals surface area (Å²) in [7, 11) is -3.71. The average Bonchev–Trinajstić information content (AvgIpc) is 3.24. The first-order chi connectivity index (χ1) is 15.8. The SMILES string of the molecule is Cc1ccc([N+](=O)[O-])cc1NC(=O)COc1ccc(S(=O)(=O)N2CCc3ccccc32)cc1. The van der Waals surface area contributed by atoms with Crippen molar-refractivity contribution < 1.29 is 22.9 Å². The van der Waals surface area contributed by atoms with E-state index in [-0.39, 0.29) is 17.2 Å². The highest BCUT2D eigenvalue weighted by Crippen LogP contribution is 2.33. The molecule has 0 unspecified atom stereocenters. The highest BCUT2D eigenvalue weighted by Gasteiger charge is 2.30. The number of benzene rings is 3. The molecule has 1 aliphatic rings. The molecule has 1 heterocycles. The Hall–Kier alpha value is -3.92. The number of non-ortho nitro benzene ring substituents is 1. The van der Waals surface area contributed by atoms with Crippen molar-refractivity contribution in [3.05, 3.63) is 88.0 Å². The maximum absolute atomic E-state index is 13.1. The lowest BCUT2D eigenvalue weighted by Gasteiger charge is -2.19. The predicted molar refractivity (Wildman–Crippen MR) is 123 cm³/mol. The molecule has 0 saturated heterocycles. The molecule has 33 heavy (non-hydrogen) atoms. The molecule has 0 atom stereocenters. The van der Waals surface area contributed by atoms with Gasteiger partial charge in [-0.05, 0) is 54.8 Å². The number of nitro groups is 1. The van der Waals surface area contributed by atoms with Crippen LogP contribution in [0.25, 0.3) is 0 Å². The van der Waals surface area contributed by atoms with E-state index < -0.39 is 20.9 Å². The predicted octanol–water partition coefficient (Wildman–Crippen LogP) is 3.67. The fraction of sp³-hybridized carbons (Fsp3) is 0.174. The topological polar surface area (TPSA) is 119 Å². The van der Waals surface area contributed by atoms with Crippen LogP contribution in [0.3, 0.4) is 0 Å². The van der Waals surface area contributed by atoms with Crippen LogP contribution in [0.15, 0.2) is 71.6 Å². The smallest absolute Gasteiger partial charge is 0.271 e. The van der Waals surface area contributed by atoms with Crippen molar-refractivity contribution in [1.82, 2.24) is 0 Å². The summed E-state index contributed by atoms with van der Waals surface area (Å²) < 4.78 is 33.0. The molecule has 3 aromatic carbocycles. The number of sulfonamides is 1. The van der Waals surface area contributed by atoms with Crippen molar-refractivity contribution in [2.24, 2.45) is 0 Å². The molecule has 4 rings (SSSR count). The van der Waals surface area contributed by atoms with E-state index in [9.17, 15) is 23.3 Å². The van der Waals surface area contributed by atoms with Crippen LogP contribution in [0.5, 0.6) is 5.75 Å². The molecule has 0 aromatic heterocycles. The van der Waals surface area contributed by atoms with Gasteiger partial charge in [-0.15, -0.1) is 0 Å². The number of amides is 1. The first-order valence-corrected chi connectivity index (χ1v) is 11.6. The van der Waals surface area contributed by atoms with Crippen LogP contribution in [0.4, 0.5) is 17.1 Å². The van der Waals surface area contributed by atoms with Crippen LogP contribution >= 0.6 is 0 Å². The molecule has 0 saturated carbocycles. The van der Waals surface area contributed by atoms with Crippen LogP contribution in [-0.4, -0.2) is 32.4 Å². The van der Waals surface area contributed by atoms with Crippen LogP contribution in [-0.2, 0) is 21.2 Å². The van der Waals surface area contributed by atoms with E-state index in [4.69, 9.17) is 4.74 Å². The first-order valence-electron chi connectivity index (χ1n) is 10.1. The van der Waals surface area contributed by atoms with Crippen LogP contribution in [0.2, 0.25) is 0 Å². The number of nitrogens with zero attached hydrogens (tertiary/aromatic N) is 2. The highest BCUT2D eigenvalue weighted by molar-refractivity contribution is 7.92. The standard InChI is InChI=1S/C23H21N3O6S/c1-16-6-7-18(26(28)29)14-21(16)24-23(27)15-32-19-8-10-20(11-9-19)33(30,31)25-13-12-17-4-2-3-5-22(17)25/h2-11,14H,12-13,15H2,1H3,(H,24,27). The van der Waals surface area contributed by atoms with E-state index in [1.807, 2.05) is 18.2 Å². The van der Waals surface area contributed by atoms with Gasteiger partial charge in [0.05, 0.1) is 21.2 Å². The van der Waals surface area contributed by atoms with Gasteiger partial charge < -0.3 is 10.1 Å². The Morgan fingerprint density at radius 2 is 1.85 bits per heavy atom. The molecule has 9 nitrogen and oxygen atoms in total. The molecule has 0 bridgehead atoms. The second kappa shape index (κ2) is 8.91. The third-order valence-electron chi connectivity index (χ3n) is 5.33. The summed E-state index contributed by atoms with van der Waals surface area (Å²) >= 11 is 0. The number of carbonyl (C=O) groups is 1. The van der Waals surface area contributed by atoms with Crippen molar-refractivity contribution in [2.45, 2.75) is 18.2 Å². The summed E-state index contributed by atoms with van der Waals surface area (Å²) in [4.78, 5) is 22.7. The number of para-hydroxylation sites is 1. The lowest BCUT2D eigenvalue weighted by atomic mass is 10.2. The fourth-order valence-corrected chi connectivity index (χ4v) is 5.09. The van der Waals surface area contributed by atoms with Gasteiger partial charge in [0.2, 0.25) is 0 Å². The van der Waals surface area contributed by atoms with Gasteiger partial charge in [0.1, 0.15) is 5.75 Å². The van der Waals surface area contributed by atoms with E-state index in [2.05, 4.69) is 5.32 Å². The number of fused-ring (bicyclic) bond motifs is 1. The minimum absolute atomic E-state index is 0.128. The van der Waals surface area contributed by atoms with Crippen LogP contribution in [0, 0.1) is 17.0 Å². The van der Waals surface area contributed by atoms with Gasteiger partial charge in [0.25, 0.3) is 21.6 Å². The minimum atomic E-state index is -3.71. The molecule has 10 heteroatoms. The summed E-state index contributed by atoms with van der Waals surface area (Å²) in [6.07, 6.45) is 0.662. The van der Waals surface area contributed by atoms with Crippen molar-refractivity contribution in [3.63, 3.8) is 0 Å². The second-order valence-corrected chi connectivity index (χ2v) is 9.38. The molecule has 170 valence electrons. The molecule has 1 amide bonds. The van der Waals surface area contributed by atoms with Gasteiger partial charge in [0, 0.05) is 18.7 Å². The largest absolute Gasteiger partial charge is 0.484 e. The molecule has 1 N–H and O–H groups in total. The Kier molecular flexibility index (Phi) is 6.01. The highest BCUT2D eigenvalue weighted by atomic mass is 32.2. The number of carbonyl (C=O) groups excluding carboxylic acids is 1. The minimum Gasteiger partial charge on any atom is -0.484 e. The zero-order valence-corrected chi connectivity index (χ0v) is 18.5.